The number of fused-ring (bicyclic) bond motifs is 1. The van der Waals surface area contributed by atoms with Crippen LogP contribution in [0.2, 0.25) is 0 Å². The third kappa shape index (κ3) is 2.95. The molecule has 0 bridgehead atoms. The predicted molar refractivity (Wildman–Crippen MR) is 96.7 cm³/mol. The Morgan fingerprint density at radius 1 is 1.32 bits per heavy atom. The molecule has 0 radical (unpaired) electrons. The Labute approximate surface area is 161 Å². The van der Waals surface area contributed by atoms with Crippen LogP contribution in [-0.4, -0.2) is 25.7 Å². The van der Waals surface area contributed by atoms with Crippen LogP contribution in [0, 0.1) is 45.3 Å². The first-order valence-electron chi connectivity index (χ1n) is 8.50. The smallest absolute Gasteiger partial charge is 0.255 e. The molecule has 1 heterocycles. The topological polar surface area (TPSA) is 159 Å². The number of nitriles is 3. The number of ether oxygens (including phenoxy) is 2. The molecule has 1 aromatic carbocycles. The number of allylic oxidation sites excluding steroid dienone is 2. The number of benzene rings is 1. The number of carbonyl (C=O) groups is 1. The lowest BCUT2D eigenvalue weighted by Gasteiger charge is -2.43. The molecule has 3 rings (SSSR count). The fourth-order valence-corrected chi connectivity index (χ4v) is 3.81. The zero-order valence-electron chi connectivity index (χ0n) is 14.9. The molecule has 1 amide bonds. The highest BCUT2D eigenvalue weighted by Gasteiger charge is 2.54. The largest absolute Gasteiger partial charge is 0.484 e. The molecule has 0 saturated carbocycles. The molecule has 0 spiro atoms. The molecule has 4 N–H and O–H groups in total. The van der Waals surface area contributed by atoms with Crippen molar-refractivity contribution in [1.29, 1.82) is 15.8 Å². The van der Waals surface area contributed by atoms with Crippen LogP contribution in [0.15, 0.2) is 47.2 Å². The molecule has 0 aromatic heterocycles. The van der Waals surface area contributed by atoms with Gasteiger partial charge in [-0.3, -0.25) is 4.79 Å². The van der Waals surface area contributed by atoms with Crippen LogP contribution in [0.3, 0.4) is 0 Å². The molecule has 2 aliphatic rings. The molecular formula is C20H17N5O3. The molecule has 1 aliphatic heterocycles. The Morgan fingerprint density at radius 2 is 2.07 bits per heavy atom. The summed E-state index contributed by atoms with van der Waals surface area (Å²) in [4.78, 5) is 11.0. The van der Waals surface area contributed by atoms with Gasteiger partial charge in [0.05, 0.1) is 36.6 Å². The third-order valence-corrected chi connectivity index (χ3v) is 5.03. The van der Waals surface area contributed by atoms with Gasteiger partial charge in [0.15, 0.2) is 12.0 Å². The van der Waals surface area contributed by atoms with Gasteiger partial charge >= 0.3 is 0 Å². The van der Waals surface area contributed by atoms with Crippen molar-refractivity contribution in [3.8, 4) is 24.0 Å². The van der Waals surface area contributed by atoms with Crippen molar-refractivity contribution in [3.63, 3.8) is 0 Å². The zero-order chi connectivity index (χ0) is 20.3. The van der Waals surface area contributed by atoms with E-state index in [-0.39, 0.29) is 24.5 Å². The van der Waals surface area contributed by atoms with Gasteiger partial charge in [0, 0.05) is 11.8 Å². The number of hydrogen-bond acceptors (Lipinski definition) is 7. The molecule has 140 valence electrons. The minimum Gasteiger partial charge on any atom is -0.484 e. The van der Waals surface area contributed by atoms with E-state index in [2.05, 4.69) is 0 Å². The first-order chi connectivity index (χ1) is 13.5. The summed E-state index contributed by atoms with van der Waals surface area (Å²) in [5.41, 5.74) is 11.0. The van der Waals surface area contributed by atoms with E-state index >= 15 is 0 Å². The van der Waals surface area contributed by atoms with E-state index in [0.717, 1.165) is 0 Å². The number of hydrogen-bond donors (Lipinski definition) is 2. The molecule has 2 atom stereocenters. The lowest BCUT2D eigenvalue weighted by molar-refractivity contribution is -0.119. The second-order valence-corrected chi connectivity index (χ2v) is 6.54. The van der Waals surface area contributed by atoms with Crippen molar-refractivity contribution < 1.29 is 14.3 Å². The summed E-state index contributed by atoms with van der Waals surface area (Å²) >= 11 is 0. The number of nitrogens with two attached hydrogens (primary N) is 2. The van der Waals surface area contributed by atoms with E-state index in [1.165, 1.54) is 0 Å². The van der Waals surface area contributed by atoms with Crippen molar-refractivity contribution in [3.05, 3.63) is 52.7 Å². The maximum absolute atomic E-state index is 11.0. The van der Waals surface area contributed by atoms with Gasteiger partial charge in [-0.15, -0.1) is 0 Å². The van der Waals surface area contributed by atoms with Gasteiger partial charge in [-0.25, -0.2) is 0 Å². The molecule has 1 aliphatic carbocycles. The number of nitrogens with zero attached hydrogens (tertiary/aromatic N) is 3. The molecule has 1 aromatic rings. The second-order valence-electron chi connectivity index (χ2n) is 6.54. The number of rotatable bonds is 4. The highest BCUT2D eigenvalue weighted by Crippen LogP contribution is 2.54. The van der Waals surface area contributed by atoms with Crippen LogP contribution < -0.4 is 16.2 Å². The summed E-state index contributed by atoms with van der Waals surface area (Å²) in [5.74, 6) is -1.33. The van der Waals surface area contributed by atoms with Crippen LogP contribution in [0.5, 0.6) is 5.75 Å². The fraction of sp³-hybridized carbons (Fsp3) is 0.300. The molecular weight excluding hydrogens is 358 g/mol. The van der Waals surface area contributed by atoms with Crippen molar-refractivity contribution in [2.45, 2.75) is 5.92 Å². The number of carbonyl (C=O) groups excluding carboxylic acids is 1. The second kappa shape index (κ2) is 7.44. The standard InChI is InChI=1S/C20H17N5O3/c21-7-15-14-4-5-27-8-16(14)18(20(10-22,11-23)19(15)25)12-2-1-3-13(6-12)28-9-17(24)26/h1-4,6,16,18H,5,8-9,25H2,(H2,24,26)/t16-,18+/m0/s1. The van der Waals surface area contributed by atoms with Gasteiger partial charge in [-0.05, 0) is 23.3 Å². The van der Waals surface area contributed by atoms with Gasteiger partial charge in [-0.1, -0.05) is 18.2 Å². The van der Waals surface area contributed by atoms with Gasteiger partial charge in [0.2, 0.25) is 0 Å². The molecule has 8 heteroatoms. The van der Waals surface area contributed by atoms with Gasteiger partial charge in [-0.2, -0.15) is 15.8 Å². The average molecular weight is 375 g/mol. The van der Waals surface area contributed by atoms with Crippen LogP contribution >= 0.6 is 0 Å². The molecule has 28 heavy (non-hydrogen) atoms. The summed E-state index contributed by atoms with van der Waals surface area (Å²) in [5, 5.41) is 29.5. The molecule has 0 unspecified atom stereocenters. The minimum atomic E-state index is -1.74. The highest BCUT2D eigenvalue weighted by molar-refractivity contribution is 5.75. The summed E-state index contributed by atoms with van der Waals surface area (Å²) in [6.07, 6.45) is 1.76. The summed E-state index contributed by atoms with van der Waals surface area (Å²) in [6, 6.07) is 12.9. The third-order valence-electron chi connectivity index (χ3n) is 5.03. The summed E-state index contributed by atoms with van der Waals surface area (Å²) in [7, 11) is 0. The Morgan fingerprint density at radius 3 is 2.71 bits per heavy atom. The van der Waals surface area contributed by atoms with Crippen LogP contribution in [0.1, 0.15) is 11.5 Å². The van der Waals surface area contributed by atoms with E-state index in [4.69, 9.17) is 20.9 Å². The average Bonchev–Trinajstić information content (AvgIpc) is 2.71. The Hall–Kier alpha value is -3.80. The quantitative estimate of drug-likeness (QED) is 0.793. The van der Waals surface area contributed by atoms with E-state index < -0.39 is 23.2 Å². The zero-order valence-corrected chi connectivity index (χ0v) is 14.9. The molecule has 0 fully saturated rings. The van der Waals surface area contributed by atoms with E-state index in [1.807, 2.05) is 18.2 Å². The SMILES string of the molecule is N#CC1=C(N)C(C#N)(C#N)[C@H](c2cccc(OCC(N)=O)c2)[C@H]2COCC=C12. The monoisotopic (exact) mass is 375 g/mol. The van der Waals surface area contributed by atoms with Crippen molar-refractivity contribution >= 4 is 5.91 Å². The summed E-state index contributed by atoms with van der Waals surface area (Å²) in [6.45, 7) is 0.269. The van der Waals surface area contributed by atoms with Crippen LogP contribution in [0.4, 0.5) is 0 Å². The maximum Gasteiger partial charge on any atom is 0.255 e. The summed E-state index contributed by atoms with van der Waals surface area (Å²) < 4.78 is 10.9. The van der Waals surface area contributed by atoms with Gasteiger partial charge < -0.3 is 20.9 Å². The van der Waals surface area contributed by atoms with Crippen molar-refractivity contribution in [2.24, 2.45) is 22.8 Å². The van der Waals surface area contributed by atoms with Crippen LogP contribution in [0.25, 0.3) is 0 Å². The normalized spacial score (nSPS) is 22.7. The fourth-order valence-electron chi connectivity index (χ4n) is 3.81. The van der Waals surface area contributed by atoms with Gasteiger partial charge in [0.25, 0.3) is 5.91 Å². The molecule has 8 nitrogen and oxygen atoms in total. The van der Waals surface area contributed by atoms with E-state index in [1.54, 1.807) is 30.3 Å². The lowest BCUT2D eigenvalue weighted by Crippen LogP contribution is -2.44. The van der Waals surface area contributed by atoms with E-state index in [9.17, 15) is 20.6 Å². The van der Waals surface area contributed by atoms with Gasteiger partial charge in [0.1, 0.15) is 11.8 Å². The Bertz CT molecular complexity index is 992. The Balaban J connectivity index is 2.18. The van der Waals surface area contributed by atoms with Crippen molar-refractivity contribution in [1.82, 2.24) is 0 Å². The van der Waals surface area contributed by atoms with Crippen LogP contribution in [-0.2, 0) is 9.53 Å². The number of primary amides is 1. The minimum absolute atomic E-state index is 0.0575. The first kappa shape index (κ1) is 19.0. The Kier molecular flexibility index (Phi) is 5.04. The molecule has 0 saturated heterocycles. The van der Waals surface area contributed by atoms with Crippen molar-refractivity contribution in [2.75, 3.05) is 19.8 Å². The number of amides is 1. The predicted octanol–water partition coefficient (Wildman–Crippen LogP) is 0.991. The van der Waals surface area contributed by atoms with E-state index in [0.29, 0.717) is 23.5 Å². The highest BCUT2D eigenvalue weighted by atomic mass is 16.5. The maximum atomic E-state index is 11.0. The lowest BCUT2D eigenvalue weighted by atomic mass is 9.58. The first-order valence-corrected chi connectivity index (χ1v) is 8.50.